The highest BCUT2D eigenvalue weighted by atomic mass is 19.1. The third-order valence-electron chi connectivity index (χ3n) is 3.99. The van der Waals surface area contributed by atoms with Crippen LogP contribution >= 0.6 is 0 Å². The number of aliphatic hydroxyl groups excluding tert-OH is 1. The van der Waals surface area contributed by atoms with Gasteiger partial charge in [0.15, 0.2) is 0 Å². The molecule has 1 unspecified atom stereocenters. The van der Waals surface area contributed by atoms with E-state index in [1.165, 1.54) is 13.2 Å². The quantitative estimate of drug-likeness (QED) is 0.817. The van der Waals surface area contributed by atoms with Crippen molar-refractivity contribution in [1.82, 2.24) is 5.32 Å². The highest BCUT2D eigenvalue weighted by Gasteiger charge is 2.42. The van der Waals surface area contributed by atoms with Gasteiger partial charge in [-0.2, -0.15) is 0 Å². The van der Waals surface area contributed by atoms with Gasteiger partial charge in [-0.15, -0.1) is 0 Å². The molecule has 1 aromatic rings. The Balaban J connectivity index is 2.05. The minimum absolute atomic E-state index is 0.00177. The van der Waals surface area contributed by atoms with Gasteiger partial charge in [0.05, 0.1) is 13.2 Å². The zero-order valence-corrected chi connectivity index (χ0v) is 11.9. The fourth-order valence-electron chi connectivity index (χ4n) is 2.80. The number of halogens is 2. The number of β-amino-alcohol motifs (C(OH)–C–C–N with tert-alkyl or cyclic N) is 1. The topological polar surface area (TPSA) is 58.6 Å². The zero-order chi connectivity index (χ0) is 15.5. The second-order valence-electron chi connectivity index (χ2n) is 5.34. The monoisotopic (exact) mass is 299 g/mol. The van der Waals surface area contributed by atoms with Crippen molar-refractivity contribution in [2.75, 3.05) is 13.7 Å². The lowest BCUT2D eigenvalue weighted by atomic mass is 9.97. The second kappa shape index (κ2) is 6.49. The Bertz CT molecular complexity index is 516. The number of methoxy groups -OCH3 is 1. The SMILES string of the molecule is COC(=O)C1(NCC(O)c2ccc(F)cc2F)CCCC1. The molecule has 1 aliphatic rings. The molecule has 2 rings (SSSR count). The average Bonchev–Trinajstić information content (AvgIpc) is 2.94. The Morgan fingerprint density at radius 3 is 2.67 bits per heavy atom. The number of ether oxygens (including phenoxy) is 1. The molecule has 2 N–H and O–H groups in total. The van der Waals surface area contributed by atoms with Crippen LogP contribution in [0.25, 0.3) is 0 Å². The number of benzene rings is 1. The van der Waals surface area contributed by atoms with Gasteiger partial charge in [0.25, 0.3) is 0 Å². The highest BCUT2D eigenvalue weighted by molar-refractivity contribution is 5.81. The minimum atomic E-state index is -1.16. The average molecular weight is 299 g/mol. The zero-order valence-electron chi connectivity index (χ0n) is 11.9. The molecule has 116 valence electrons. The van der Waals surface area contributed by atoms with E-state index in [1.807, 2.05) is 0 Å². The van der Waals surface area contributed by atoms with E-state index in [0.717, 1.165) is 25.0 Å². The Morgan fingerprint density at radius 1 is 1.43 bits per heavy atom. The van der Waals surface area contributed by atoms with Crippen LogP contribution in [0.5, 0.6) is 0 Å². The Morgan fingerprint density at radius 2 is 2.10 bits per heavy atom. The van der Waals surface area contributed by atoms with Crippen LogP contribution in [0, 0.1) is 11.6 Å². The predicted molar refractivity (Wildman–Crippen MR) is 72.5 cm³/mol. The van der Waals surface area contributed by atoms with E-state index < -0.39 is 23.3 Å². The maximum absolute atomic E-state index is 13.6. The van der Waals surface area contributed by atoms with Crippen molar-refractivity contribution in [2.24, 2.45) is 0 Å². The smallest absolute Gasteiger partial charge is 0.326 e. The van der Waals surface area contributed by atoms with E-state index in [1.54, 1.807) is 0 Å². The Labute approximate surface area is 122 Å². The summed E-state index contributed by atoms with van der Waals surface area (Å²) in [5.74, 6) is -1.87. The van der Waals surface area contributed by atoms with Gasteiger partial charge in [-0.25, -0.2) is 8.78 Å². The lowest BCUT2D eigenvalue weighted by Gasteiger charge is -2.28. The largest absolute Gasteiger partial charge is 0.468 e. The maximum Gasteiger partial charge on any atom is 0.326 e. The van der Waals surface area contributed by atoms with E-state index in [4.69, 9.17) is 4.74 Å². The number of esters is 1. The fourth-order valence-corrected chi connectivity index (χ4v) is 2.80. The third kappa shape index (κ3) is 3.39. The van der Waals surface area contributed by atoms with Crippen LogP contribution in [0.4, 0.5) is 8.78 Å². The third-order valence-corrected chi connectivity index (χ3v) is 3.99. The lowest BCUT2D eigenvalue weighted by Crippen LogP contribution is -2.51. The molecular weight excluding hydrogens is 280 g/mol. The molecule has 0 aliphatic heterocycles. The summed E-state index contributed by atoms with van der Waals surface area (Å²) in [6.45, 7) is -0.00233. The number of hydrogen-bond acceptors (Lipinski definition) is 4. The van der Waals surface area contributed by atoms with Gasteiger partial charge in [-0.3, -0.25) is 10.1 Å². The van der Waals surface area contributed by atoms with Crippen molar-refractivity contribution in [3.05, 3.63) is 35.4 Å². The van der Waals surface area contributed by atoms with Gasteiger partial charge >= 0.3 is 5.97 Å². The molecular formula is C15H19F2NO3. The maximum atomic E-state index is 13.6. The summed E-state index contributed by atoms with van der Waals surface area (Å²) < 4.78 is 31.3. The van der Waals surface area contributed by atoms with Crippen LogP contribution in [0.1, 0.15) is 37.4 Å². The first kappa shape index (κ1) is 15.9. The van der Waals surface area contributed by atoms with E-state index >= 15 is 0 Å². The van der Waals surface area contributed by atoms with Crippen LogP contribution in [0.15, 0.2) is 18.2 Å². The van der Waals surface area contributed by atoms with E-state index in [2.05, 4.69) is 5.32 Å². The molecule has 0 bridgehead atoms. The van der Waals surface area contributed by atoms with E-state index in [9.17, 15) is 18.7 Å². The second-order valence-corrected chi connectivity index (χ2v) is 5.34. The molecule has 0 spiro atoms. The van der Waals surface area contributed by atoms with Gasteiger partial charge in [0.1, 0.15) is 17.2 Å². The molecule has 1 saturated carbocycles. The molecule has 1 aromatic carbocycles. The molecule has 6 heteroatoms. The summed E-state index contributed by atoms with van der Waals surface area (Å²) >= 11 is 0. The van der Waals surface area contributed by atoms with Gasteiger partial charge < -0.3 is 9.84 Å². The molecule has 0 radical (unpaired) electrons. The van der Waals surface area contributed by atoms with Crippen molar-refractivity contribution in [1.29, 1.82) is 0 Å². The van der Waals surface area contributed by atoms with Crippen LogP contribution < -0.4 is 5.32 Å². The fraction of sp³-hybridized carbons (Fsp3) is 0.533. The van der Waals surface area contributed by atoms with E-state index in [-0.39, 0.29) is 18.1 Å². The van der Waals surface area contributed by atoms with E-state index in [0.29, 0.717) is 12.8 Å². The Hall–Kier alpha value is -1.53. The number of carbonyl (C=O) groups is 1. The number of hydrogen-bond donors (Lipinski definition) is 2. The Kier molecular flexibility index (Phi) is 4.90. The molecule has 1 atom stereocenters. The first-order valence-corrected chi connectivity index (χ1v) is 6.95. The summed E-state index contributed by atoms with van der Waals surface area (Å²) in [5.41, 5.74) is -0.811. The van der Waals surface area contributed by atoms with Crippen molar-refractivity contribution >= 4 is 5.97 Å². The van der Waals surface area contributed by atoms with Gasteiger partial charge in [0, 0.05) is 18.2 Å². The van der Waals surface area contributed by atoms with Crippen molar-refractivity contribution in [3.63, 3.8) is 0 Å². The summed E-state index contributed by atoms with van der Waals surface area (Å²) in [5, 5.41) is 13.0. The van der Waals surface area contributed by atoms with Gasteiger partial charge in [0.2, 0.25) is 0 Å². The molecule has 0 amide bonds. The first-order valence-electron chi connectivity index (χ1n) is 6.95. The normalized spacial score (nSPS) is 18.5. The summed E-state index contributed by atoms with van der Waals surface area (Å²) in [7, 11) is 1.32. The van der Waals surface area contributed by atoms with Gasteiger partial charge in [-0.1, -0.05) is 18.9 Å². The van der Waals surface area contributed by atoms with Crippen LogP contribution in [-0.2, 0) is 9.53 Å². The molecule has 0 aromatic heterocycles. The molecule has 1 fully saturated rings. The molecule has 0 heterocycles. The summed E-state index contributed by atoms with van der Waals surface area (Å²) in [6.07, 6.45) is 1.87. The number of nitrogens with one attached hydrogen (secondary N) is 1. The number of rotatable bonds is 5. The standard InChI is InChI=1S/C15H19F2NO3/c1-21-14(20)15(6-2-3-7-15)18-9-13(19)11-5-4-10(16)8-12(11)17/h4-5,8,13,18-19H,2-3,6-7,9H2,1H3. The van der Waals surface area contributed by atoms with Crippen LogP contribution in [0.3, 0.4) is 0 Å². The van der Waals surface area contributed by atoms with Crippen LogP contribution in [-0.4, -0.2) is 30.3 Å². The number of aliphatic hydroxyl groups is 1. The summed E-state index contributed by atoms with van der Waals surface area (Å²) in [4.78, 5) is 11.9. The molecule has 21 heavy (non-hydrogen) atoms. The van der Waals surface area contributed by atoms with Crippen molar-refractivity contribution in [3.8, 4) is 0 Å². The molecule has 4 nitrogen and oxygen atoms in total. The molecule has 1 aliphatic carbocycles. The lowest BCUT2D eigenvalue weighted by molar-refractivity contribution is -0.148. The van der Waals surface area contributed by atoms with Crippen molar-refractivity contribution in [2.45, 2.75) is 37.3 Å². The van der Waals surface area contributed by atoms with Crippen LogP contribution in [0.2, 0.25) is 0 Å². The first-order chi connectivity index (χ1) is 9.98. The minimum Gasteiger partial charge on any atom is -0.468 e. The molecule has 0 saturated heterocycles. The number of carbonyl (C=O) groups excluding carboxylic acids is 1. The van der Waals surface area contributed by atoms with Gasteiger partial charge in [-0.05, 0) is 18.9 Å². The predicted octanol–water partition coefficient (Wildman–Crippen LogP) is 2.07. The van der Waals surface area contributed by atoms with Crippen molar-refractivity contribution < 1.29 is 23.4 Å². The highest BCUT2D eigenvalue weighted by Crippen LogP contribution is 2.31. The summed E-state index contributed by atoms with van der Waals surface area (Å²) in [6, 6.07) is 3.02.